The number of ether oxygens (including phenoxy) is 2. The van der Waals surface area contributed by atoms with Crippen molar-refractivity contribution in [1.29, 1.82) is 0 Å². The molecular formula is C35H42N2O5. The lowest BCUT2D eigenvalue weighted by atomic mass is 9.69. The summed E-state index contributed by atoms with van der Waals surface area (Å²) in [5.74, 6) is -0.439. The number of phenolic OH excluding ortho intramolecular Hbond substituents is 1. The lowest BCUT2D eigenvalue weighted by Gasteiger charge is -2.36. The highest BCUT2D eigenvalue weighted by Gasteiger charge is 2.58. The summed E-state index contributed by atoms with van der Waals surface area (Å²) in [7, 11) is 1.69. The first-order valence-electron chi connectivity index (χ1n) is 15.3. The Morgan fingerprint density at radius 3 is 2.50 bits per heavy atom. The normalized spacial score (nSPS) is 27.1. The standard InChI is InChI=1S/C35H42N2O5/c1-23(18-25-10-6-7-11-30(25)38)12-13-31-32-26(21-41-2)19-28-33(29(32)22-42-31)35(40)37(34(28)39)27-14-16-36(17-15-27)20-24-8-4-3-5-9-24/h3-11,18,27-29,31,33,38H,12-17,19-22H2,1-2H3/b23-18+/t28-,29+,31-,33-/m1/s1. The lowest BCUT2D eigenvalue weighted by molar-refractivity contribution is -0.144. The number of hydrogen-bond acceptors (Lipinski definition) is 6. The fraction of sp³-hybridized carbons (Fsp3) is 0.486. The molecule has 2 aromatic carbocycles. The van der Waals surface area contributed by atoms with E-state index >= 15 is 0 Å². The Morgan fingerprint density at radius 2 is 1.76 bits per heavy atom. The van der Waals surface area contributed by atoms with Crippen molar-refractivity contribution in [2.45, 2.75) is 57.7 Å². The third kappa shape index (κ3) is 5.70. The van der Waals surface area contributed by atoms with Gasteiger partial charge in [-0.15, -0.1) is 0 Å². The second kappa shape index (κ2) is 12.5. The lowest BCUT2D eigenvalue weighted by Crippen LogP contribution is -2.47. The third-order valence-corrected chi connectivity index (χ3v) is 9.67. The number of methoxy groups -OCH3 is 1. The summed E-state index contributed by atoms with van der Waals surface area (Å²) in [4.78, 5) is 31.9. The van der Waals surface area contributed by atoms with Crippen molar-refractivity contribution in [3.05, 3.63) is 82.4 Å². The average Bonchev–Trinajstić information content (AvgIpc) is 3.53. The van der Waals surface area contributed by atoms with Crippen LogP contribution in [0.25, 0.3) is 6.08 Å². The van der Waals surface area contributed by atoms with Crippen LogP contribution in [0.3, 0.4) is 0 Å². The summed E-state index contributed by atoms with van der Waals surface area (Å²) in [6.45, 7) is 5.66. The van der Waals surface area contributed by atoms with Crippen molar-refractivity contribution >= 4 is 17.9 Å². The summed E-state index contributed by atoms with van der Waals surface area (Å²) in [5, 5.41) is 10.2. The molecule has 0 spiro atoms. The van der Waals surface area contributed by atoms with Crippen molar-refractivity contribution in [2.75, 3.05) is 33.4 Å². The Bertz CT molecular complexity index is 1360. The van der Waals surface area contributed by atoms with E-state index in [1.807, 2.05) is 30.3 Å². The van der Waals surface area contributed by atoms with Crippen molar-refractivity contribution in [3.8, 4) is 5.75 Å². The van der Waals surface area contributed by atoms with E-state index in [9.17, 15) is 14.7 Å². The minimum absolute atomic E-state index is 0.00376. The summed E-state index contributed by atoms with van der Waals surface area (Å²) >= 11 is 0. The largest absolute Gasteiger partial charge is 0.507 e. The number of carbonyl (C=O) groups is 2. The van der Waals surface area contributed by atoms with Crippen LogP contribution in [0.2, 0.25) is 0 Å². The molecule has 1 aliphatic carbocycles. The predicted molar refractivity (Wildman–Crippen MR) is 161 cm³/mol. The molecule has 0 radical (unpaired) electrons. The van der Waals surface area contributed by atoms with Gasteiger partial charge in [-0.05, 0) is 61.8 Å². The monoisotopic (exact) mass is 570 g/mol. The van der Waals surface area contributed by atoms with E-state index in [2.05, 4.69) is 36.1 Å². The first kappa shape index (κ1) is 28.8. The number of amides is 2. The van der Waals surface area contributed by atoms with Gasteiger partial charge in [-0.2, -0.15) is 0 Å². The number of likely N-dealkylation sites (tertiary alicyclic amines) is 2. The molecule has 3 heterocycles. The van der Waals surface area contributed by atoms with Gasteiger partial charge in [0, 0.05) is 44.3 Å². The zero-order chi connectivity index (χ0) is 29.2. The van der Waals surface area contributed by atoms with E-state index in [-0.39, 0.29) is 47.5 Å². The van der Waals surface area contributed by atoms with E-state index in [1.165, 1.54) is 11.1 Å². The second-order valence-corrected chi connectivity index (χ2v) is 12.4. The molecule has 4 aliphatic rings. The van der Waals surface area contributed by atoms with Gasteiger partial charge in [-0.1, -0.05) is 60.2 Å². The van der Waals surface area contributed by atoms with Gasteiger partial charge in [-0.3, -0.25) is 19.4 Å². The van der Waals surface area contributed by atoms with Crippen LogP contribution >= 0.6 is 0 Å². The minimum Gasteiger partial charge on any atom is -0.507 e. The van der Waals surface area contributed by atoms with Crippen LogP contribution in [-0.4, -0.2) is 72.3 Å². The number of piperidine rings is 1. The number of aromatic hydroxyl groups is 1. The molecule has 3 aliphatic heterocycles. The molecule has 0 aromatic heterocycles. The minimum atomic E-state index is -0.335. The molecule has 6 rings (SSSR count). The van der Waals surface area contributed by atoms with Crippen molar-refractivity contribution in [1.82, 2.24) is 9.80 Å². The summed E-state index contributed by atoms with van der Waals surface area (Å²) < 4.78 is 12.0. The zero-order valence-electron chi connectivity index (χ0n) is 24.7. The van der Waals surface area contributed by atoms with E-state index in [1.54, 1.807) is 18.1 Å². The van der Waals surface area contributed by atoms with Gasteiger partial charge in [0.25, 0.3) is 0 Å². The average molecular weight is 571 g/mol. The van der Waals surface area contributed by atoms with Crippen LogP contribution in [0.4, 0.5) is 0 Å². The smallest absolute Gasteiger partial charge is 0.234 e. The SMILES string of the molecule is COCC1=C2[C@@H](CC/C(C)=C/c3ccccc3O)OC[C@@H]2[C@@H]2C(=O)N(C3CCN(Cc4ccccc4)CC3)C(=O)[C@@H]2C1. The first-order valence-corrected chi connectivity index (χ1v) is 15.3. The number of imide groups is 1. The number of para-hydroxylation sites is 1. The van der Waals surface area contributed by atoms with Crippen LogP contribution in [0, 0.1) is 17.8 Å². The van der Waals surface area contributed by atoms with Gasteiger partial charge in [0.05, 0.1) is 31.2 Å². The molecule has 3 fully saturated rings. The number of rotatable bonds is 9. The molecular weight excluding hydrogens is 528 g/mol. The molecule has 0 bridgehead atoms. The Hall–Kier alpha value is -3.26. The number of carbonyl (C=O) groups excluding carboxylic acids is 2. The highest BCUT2D eigenvalue weighted by Crippen LogP contribution is 2.50. The number of phenols is 1. The van der Waals surface area contributed by atoms with E-state index in [0.717, 1.165) is 62.0 Å². The molecule has 3 saturated heterocycles. The van der Waals surface area contributed by atoms with Crippen LogP contribution < -0.4 is 0 Å². The van der Waals surface area contributed by atoms with Crippen molar-refractivity contribution in [2.24, 2.45) is 17.8 Å². The number of allylic oxidation sites excluding steroid dienone is 1. The molecule has 2 aromatic rings. The van der Waals surface area contributed by atoms with Gasteiger partial charge in [0.15, 0.2) is 0 Å². The maximum absolute atomic E-state index is 14.0. The highest BCUT2D eigenvalue weighted by atomic mass is 16.5. The van der Waals surface area contributed by atoms with Gasteiger partial charge < -0.3 is 14.6 Å². The van der Waals surface area contributed by atoms with Crippen LogP contribution in [0.1, 0.15) is 50.2 Å². The van der Waals surface area contributed by atoms with E-state index in [0.29, 0.717) is 19.6 Å². The van der Waals surface area contributed by atoms with E-state index in [4.69, 9.17) is 9.47 Å². The van der Waals surface area contributed by atoms with Gasteiger partial charge >= 0.3 is 0 Å². The van der Waals surface area contributed by atoms with Gasteiger partial charge in [-0.25, -0.2) is 0 Å². The third-order valence-electron chi connectivity index (χ3n) is 9.67. The fourth-order valence-electron chi connectivity index (χ4n) is 7.65. The quantitative estimate of drug-likeness (QED) is 0.330. The Labute approximate surface area is 248 Å². The molecule has 0 saturated carbocycles. The molecule has 2 amide bonds. The van der Waals surface area contributed by atoms with Crippen LogP contribution in [-0.2, 0) is 25.6 Å². The zero-order valence-corrected chi connectivity index (χ0v) is 24.7. The van der Waals surface area contributed by atoms with E-state index < -0.39 is 0 Å². The number of hydrogen-bond donors (Lipinski definition) is 1. The molecule has 7 heteroatoms. The van der Waals surface area contributed by atoms with Gasteiger partial charge in [0.2, 0.25) is 11.8 Å². The molecule has 1 N–H and O–H groups in total. The first-order chi connectivity index (χ1) is 20.4. The molecule has 222 valence electrons. The summed E-state index contributed by atoms with van der Waals surface area (Å²) in [6, 6.07) is 17.8. The second-order valence-electron chi connectivity index (χ2n) is 12.4. The van der Waals surface area contributed by atoms with Crippen molar-refractivity contribution in [3.63, 3.8) is 0 Å². The Morgan fingerprint density at radius 1 is 1.02 bits per heavy atom. The van der Waals surface area contributed by atoms with Crippen LogP contribution in [0.5, 0.6) is 5.75 Å². The van der Waals surface area contributed by atoms with Crippen LogP contribution in [0.15, 0.2) is 71.3 Å². The topological polar surface area (TPSA) is 79.3 Å². The number of fused-ring (bicyclic) bond motifs is 3. The summed E-state index contributed by atoms with van der Waals surface area (Å²) in [6.07, 6.45) is 5.74. The maximum atomic E-state index is 14.0. The molecule has 4 atom stereocenters. The van der Waals surface area contributed by atoms with Crippen molar-refractivity contribution < 1.29 is 24.2 Å². The Balaban J connectivity index is 1.13. The molecule has 0 unspecified atom stereocenters. The number of benzene rings is 2. The molecule has 42 heavy (non-hydrogen) atoms. The highest BCUT2D eigenvalue weighted by molar-refractivity contribution is 6.06. The molecule has 7 nitrogen and oxygen atoms in total. The predicted octanol–water partition coefficient (Wildman–Crippen LogP) is 5.20. The Kier molecular flexibility index (Phi) is 8.61. The fourth-order valence-corrected chi connectivity index (χ4v) is 7.65. The maximum Gasteiger partial charge on any atom is 0.234 e. The summed E-state index contributed by atoms with van der Waals surface area (Å²) in [5.41, 5.74) is 5.58. The van der Waals surface area contributed by atoms with Gasteiger partial charge in [0.1, 0.15) is 5.75 Å². The number of nitrogens with zero attached hydrogens (tertiary/aromatic N) is 2.